The molecule has 0 aliphatic rings. The van der Waals surface area contributed by atoms with Crippen molar-refractivity contribution in [2.75, 3.05) is 13.7 Å². The van der Waals surface area contributed by atoms with Gasteiger partial charge in [-0.15, -0.1) is 0 Å². The molecule has 1 amide bonds. The lowest BCUT2D eigenvalue weighted by atomic mass is 10.0. The highest BCUT2D eigenvalue weighted by atomic mass is 16.5. The van der Waals surface area contributed by atoms with Gasteiger partial charge in [-0.2, -0.15) is 10.1 Å². The van der Waals surface area contributed by atoms with E-state index in [1.807, 2.05) is 60.3 Å². The second kappa shape index (κ2) is 9.62. The van der Waals surface area contributed by atoms with Crippen LogP contribution in [0, 0.1) is 13.8 Å². The van der Waals surface area contributed by atoms with Crippen LogP contribution in [-0.4, -0.2) is 39.3 Å². The van der Waals surface area contributed by atoms with E-state index in [1.54, 1.807) is 7.11 Å². The summed E-state index contributed by atoms with van der Waals surface area (Å²) in [6, 6.07) is 18.2. The summed E-state index contributed by atoms with van der Waals surface area (Å²) in [7, 11) is 1.62. The lowest BCUT2D eigenvalue weighted by Gasteiger charge is -2.13. The summed E-state index contributed by atoms with van der Waals surface area (Å²) in [6.45, 7) is 4.64. The Hall–Kier alpha value is -4.13. The topological polar surface area (TPSA) is 84.8 Å². The van der Waals surface area contributed by atoms with Crippen molar-refractivity contribution in [3.05, 3.63) is 83.2 Å². The van der Waals surface area contributed by atoms with Gasteiger partial charge in [0.15, 0.2) is 5.65 Å². The van der Waals surface area contributed by atoms with E-state index in [0.29, 0.717) is 25.3 Å². The number of aromatic nitrogens is 4. The highest BCUT2D eigenvalue weighted by Crippen LogP contribution is 2.31. The van der Waals surface area contributed by atoms with Crippen LogP contribution >= 0.6 is 0 Å². The minimum absolute atomic E-state index is 0.0168. The number of para-hydroxylation sites is 2. The van der Waals surface area contributed by atoms with Crippen molar-refractivity contribution in [1.29, 1.82) is 0 Å². The van der Waals surface area contributed by atoms with Crippen molar-refractivity contribution in [3.63, 3.8) is 0 Å². The number of hydrogen-bond donors (Lipinski definition) is 2. The molecule has 0 saturated carbocycles. The monoisotopic (exact) mass is 467 g/mol. The first-order valence-electron chi connectivity index (χ1n) is 11.9. The summed E-state index contributed by atoms with van der Waals surface area (Å²) >= 11 is 0. The number of rotatable bonds is 8. The third kappa shape index (κ3) is 4.37. The predicted molar refractivity (Wildman–Crippen MR) is 138 cm³/mol. The highest BCUT2D eigenvalue weighted by molar-refractivity contribution is 5.86. The largest absolute Gasteiger partial charge is 0.481 e. The van der Waals surface area contributed by atoms with Gasteiger partial charge in [0.05, 0.1) is 18.5 Å². The number of carbonyl (C=O) groups excluding carboxylic acids is 1. The molecule has 0 aliphatic heterocycles. The van der Waals surface area contributed by atoms with Gasteiger partial charge in [-0.25, -0.2) is 4.68 Å². The Kier molecular flexibility index (Phi) is 6.23. The molecule has 35 heavy (non-hydrogen) atoms. The first-order valence-corrected chi connectivity index (χ1v) is 11.9. The minimum atomic E-state index is 0.0168. The smallest absolute Gasteiger partial charge is 0.220 e. The van der Waals surface area contributed by atoms with Crippen molar-refractivity contribution >= 4 is 27.8 Å². The van der Waals surface area contributed by atoms with Gasteiger partial charge in [0.2, 0.25) is 11.8 Å². The van der Waals surface area contributed by atoms with Crippen LogP contribution in [0.1, 0.15) is 28.8 Å². The summed E-state index contributed by atoms with van der Waals surface area (Å²) in [6.07, 6.45) is 3.71. The molecule has 0 radical (unpaired) electrons. The number of hydrogen-bond acceptors (Lipinski definition) is 4. The van der Waals surface area contributed by atoms with Crippen LogP contribution in [0.25, 0.3) is 27.6 Å². The Morgan fingerprint density at radius 3 is 2.63 bits per heavy atom. The van der Waals surface area contributed by atoms with Gasteiger partial charge in [0, 0.05) is 41.0 Å². The highest BCUT2D eigenvalue weighted by Gasteiger charge is 2.20. The SMILES string of the molecule is COc1nc2c(c(C)nn2-c2ccccc2)c(C)c1CCC(=O)NCCc1c[nH]c2ccccc12. The number of fused-ring (bicyclic) bond motifs is 2. The molecule has 2 N–H and O–H groups in total. The molecule has 3 heterocycles. The van der Waals surface area contributed by atoms with Gasteiger partial charge in [0.1, 0.15) is 0 Å². The Morgan fingerprint density at radius 2 is 1.83 bits per heavy atom. The zero-order chi connectivity index (χ0) is 24.4. The fourth-order valence-corrected chi connectivity index (χ4v) is 4.75. The van der Waals surface area contributed by atoms with E-state index in [9.17, 15) is 4.79 Å². The molecule has 0 bridgehead atoms. The third-order valence-corrected chi connectivity index (χ3v) is 6.52. The molecular formula is C28H29N5O2. The minimum Gasteiger partial charge on any atom is -0.481 e. The van der Waals surface area contributed by atoms with Gasteiger partial charge >= 0.3 is 0 Å². The van der Waals surface area contributed by atoms with Crippen LogP contribution in [0.15, 0.2) is 60.8 Å². The average Bonchev–Trinajstić information content (AvgIpc) is 3.44. The number of aromatic amines is 1. The van der Waals surface area contributed by atoms with E-state index >= 15 is 0 Å². The van der Waals surface area contributed by atoms with Gasteiger partial charge in [0.25, 0.3) is 0 Å². The van der Waals surface area contributed by atoms with Crippen LogP contribution < -0.4 is 10.1 Å². The van der Waals surface area contributed by atoms with Crippen LogP contribution in [0.2, 0.25) is 0 Å². The van der Waals surface area contributed by atoms with Gasteiger partial charge in [-0.05, 0) is 56.0 Å². The van der Waals surface area contributed by atoms with E-state index in [4.69, 9.17) is 14.8 Å². The fourth-order valence-electron chi connectivity index (χ4n) is 4.75. The van der Waals surface area contributed by atoms with Crippen molar-refractivity contribution < 1.29 is 9.53 Å². The maximum atomic E-state index is 12.6. The molecule has 3 aromatic heterocycles. The molecule has 0 fully saturated rings. The lowest BCUT2D eigenvalue weighted by molar-refractivity contribution is -0.121. The number of aryl methyl sites for hydroxylation is 2. The van der Waals surface area contributed by atoms with Gasteiger partial charge in [-0.3, -0.25) is 4.79 Å². The number of benzene rings is 2. The Labute approximate surface area is 204 Å². The molecule has 0 atom stereocenters. The van der Waals surface area contributed by atoms with E-state index in [1.165, 1.54) is 10.9 Å². The number of ether oxygens (including phenoxy) is 1. The number of nitrogens with one attached hydrogen (secondary N) is 2. The molecule has 7 nitrogen and oxygen atoms in total. The molecular weight excluding hydrogens is 438 g/mol. The summed E-state index contributed by atoms with van der Waals surface area (Å²) in [4.78, 5) is 20.7. The molecule has 7 heteroatoms. The normalized spacial score (nSPS) is 11.3. The average molecular weight is 468 g/mol. The van der Waals surface area contributed by atoms with Crippen molar-refractivity contribution in [1.82, 2.24) is 25.1 Å². The molecule has 0 unspecified atom stereocenters. The van der Waals surface area contributed by atoms with Crippen LogP contribution in [0.4, 0.5) is 0 Å². The number of H-pyrrole nitrogens is 1. The van der Waals surface area contributed by atoms with Gasteiger partial charge < -0.3 is 15.0 Å². The van der Waals surface area contributed by atoms with E-state index in [0.717, 1.165) is 45.5 Å². The maximum Gasteiger partial charge on any atom is 0.220 e. The lowest BCUT2D eigenvalue weighted by Crippen LogP contribution is -2.26. The summed E-state index contributed by atoms with van der Waals surface area (Å²) < 4.78 is 7.50. The number of pyridine rings is 1. The van der Waals surface area contributed by atoms with Crippen molar-refractivity contribution in [3.8, 4) is 11.6 Å². The first-order chi connectivity index (χ1) is 17.1. The standard InChI is InChI=1S/C28H29N5O2/c1-18-22(13-14-25(34)29-16-15-20-17-30-24-12-8-7-11-23(20)24)28(35-3)31-27-26(18)19(2)32-33(27)21-9-5-4-6-10-21/h4-12,17,30H,13-16H2,1-3H3,(H,29,34). The first kappa shape index (κ1) is 22.7. The van der Waals surface area contributed by atoms with E-state index < -0.39 is 0 Å². The second-order valence-electron chi connectivity index (χ2n) is 8.72. The summed E-state index contributed by atoms with van der Waals surface area (Å²) in [5, 5.41) is 10.00. The van der Waals surface area contributed by atoms with Gasteiger partial charge in [-0.1, -0.05) is 36.4 Å². The van der Waals surface area contributed by atoms with Crippen LogP contribution in [-0.2, 0) is 17.6 Å². The Morgan fingerprint density at radius 1 is 1.06 bits per heavy atom. The third-order valence-electron chi connectivity index (χ3n) is 6.52. The number of nitrogens with zero attached hydrogens (tertiary/aromatic N) is 3. The number of methoxy groups -OCH3 is 1. The predicted octanol–water partition coefficient (Wildman–Crippen LogP) is 4.82. The summed E-state index contributed by atoms with van der Waals surface area (Å²) in [5.74, 6) is 0.557. The second-order valence-corrected chi connectivity index (χ2v) is 8.72. The molecule has 2 aromatic carbocycles. The maximum absolute atomic E-state index is 12.6. The zero-order valence-electron chi connectivity index (χ0n) is 20.3. The summed E-state index contributed by atoms with van der Waals surface area (Å²) in [5.41, 5.74) is 6.93. The van der Waals surface area contributed by atoms with Crippen molar-refractivity contribution in [2.45, 2.75) is 33.1 Å². The molecule has 5 aromatic rings. The number of carbonyl (C=O) groups is 1. The molecule has 0 saturated heterocycles. The molecule has 178 valence electrons. The van der Waals surface area contributed by atoms with E-state index in [-0.39, 0.29) is 5.91 Å². The Bertz CT molecular complexity index is 1500. The van der Waals surface area contributed by atoms with Crippen LogP contribution in [0.5, 0.6) is 5.88 Å². The fraction of sp³-hybridized carbons (Fsp3) is 0.250. The Balaban J connectivity index is 1.30. The molecule has 0 spiro atoms. The van der Waals surface area contributed by atoms with E-state index in [2.05, 4.69) is 29.4 Å². The molecule has 5 rings (SSSR count). The number of amides is 1. The molecule has 0 aliphatic carbocycles. The van der Waals surface area contributed by atoms with Crippen LogP contribution in [0.3, 0.4) is 0 Å². The zero-order valence-corrected chi connectivity index (χ0v) is 20.3. The van der Waals surface area contributed by atoms with Crippen molar-refractivity contribution in [2.24, 2.45) is 0 Å². The quantitative estimate of drug-likeness (QED) is 0.343.